The average molecular weight is 292 g/mol. The van der Waals surface area contributed by atoms with Gasteiger partial charge in [-0.25, -0.2) is 0 Å². The Labute approximate surface area is 130 Å². The molecule has 3 rings (SSSR count). The van der Waals surface area contributed by atoms with Gasteiger partial charge in [-0.05, 0) is 40.8 Å². The molecule has 0 aromatic heterocycles. The first-order valence-electron chi connectivity index (χ1n) is 6.90. The fourth-order valence-electron chi connectivity index (χ4n) is 2.80. The molecule has 0 saturated carbocycles. The predicted molar refractivity (Wildman–Crippen MR) is 90.5 cm³/mol. The van der Waals surface area contributed by atoms with Crippen molar-refractivity contribution in [2.45, 2.75) is 17.7 Å². The first-order chi connectivity index (χ1) is 10.2. The SMILES string of the molecule is Cc1cc(S)c2c(c1)C(C#CCO)c1ccccc1C=C2. The van der Waals surface area contributed by atoms with Gasteiger partial charge in [-0.3, -0.25) is 0 Å². The van der Waals surface area contributed by atoms with Crippen LogP contribution in [-0.4, -0.2) is 11.7 Å². The fourth-order valence-corrected chi connectivity index (χ4v) is 3.20. The van der Waals surface area contributed by atoms with Crippen LogP contribution in [-0.2, 0) is 0 Å². The van der Waals surface area contributed by atoms with E-state index in [9.17, 15) is 0 Å². The summed E-state index contributed by atoms with van der Waals surface area (Å²) in [5.41, 5.74) is 5.77. The first-order valence-corrected chi connectivity index (χ1v) is 7.35. The van der Waals surface area contributed by atoms with Gasteiger partial charge < -0.3 is 5.11 Å². The molecule has 0 saturated heterocycles. The first kappa shape index (κ1) is 14.0. The minimum atomic E-state index is -0.124. The summed E-state index contributed by atoms with van der Waals surface area (Å²) in [6.07, 6.45) is 4.22. The summed E-state index contributed by atoms with van der Waals surface area (Å²) in [4.78, 5) is 0.963. The van der Waals surface area contributed by atoms with Crippen LogP contribution in [0.4, 0.5) is 0 Å². The zero-order valence-electron chi connectivity index (χ0n) is 11.8. The van der Waals surface area contributed by atoms with Crippen molar-refractivity contribution < 1.29 is 5.11 Å². The number of hydrogen-bond donors (Lipinski definition) is 2. The summed E-state index contributed by atoms with van der Waals surface area (Å²) < 4.78 is 0. The fraction of sp³-hybridized carbons (Fsp3) is 0.158. The molecule has 0 heterocycles. The summed E-state index contributed by atoms with van der Waals surface area (Å²) in [6, 6.07) is 12.5. The number of fused-ring (bicyclic) bond motifs is 2. The highest BCUT2D eigenvalue weighted by molar-refractivity contribution is 7.80. The Bertz CT molecular complexity index is 778. The third-order valence-electron chi connectivity index (χ3n) is 3.71. The standard InChI is InChI=1S/C19H16OS/c1-13-11-18-16(7-4-10-20)15-6-3-2-5-14(15)8-9-17(18)19(21)12-13/h2-3,5-6,8-9,11-12,16,20-21H,10H2,1H3. The maximum absolute atomic E-state index is 9.07. The van der Waals surface area contributed by atoms with Crippen molar-refractivity contribution in [3.8, 4) is 11.8 Å². The second-order valence-corrected chi connectivity index (χ2v) is 5.64. The molecular weight excluding hydrogens is 276 g/mol. The third kappa shape index (κ3) is 2.63. The molecule has 0 radical (unpaired) electrons. The molecule has 0 amide bonds. The quantitative estimate of drug-likeness (QED) is 0.557. The van der Waals surface area contributed by atoms with Crippen molar-refractivity contribution in [2.75, 3.05) is 6.61 Å². The number of rotatable bonds is 0. The van der Waals surface area contributed by atoms with Crippen LogP contribution < -0.4 is 0 Å². The lowest BCUT2D eigenvalue weighted by Gasteiger charge is -2.16. The topological polar surface area (TPSA) is 20.2 Å². The van der Waals surface area contributed by atoms with Crippen LogP contribution in [0, 0.1) is 18.8 Å². The number of aliphatic hydroxyl groups excluding tert-OH is 1. The molecule has 1 aliphatic rings. The van der Waals surface area contributed by atoms with E-state index in [0.29, 0.717) is 0 Å². The van der Waals surface area contributed by atoms with Crippen molar-refractivity contribution in [1.82, 2.24) is 0 Å². The molecule has 104 valence electrons. The lowest BCUT2D eigenvalue weighted by molar-refractivity contribution is 0.350. The Kier molecular flexibility index (Phi) is 3.88. The Balaban J connectivity index is 2.30. The van der Waals surface area contributed by atoms with Crippen LogP contribution in [0.2, 0.25) is 0 Å². The van der Waals surface area contributed by atoms with Gasteiger partial charge in [-0.15, -0.1) is 12.6 Å². The molecule has 1 unspecified atom stereocenters. The van der Waals surface area contributed by atoms with Crippen LogP contribution in [0.3, 0.4) is 0 Å². The summed E-state index contributed by atoms with van der Waals surface area (Å²) in [7, 11) is 0. The van der Waals surface area contributed by atoms with Crippen molar-refractivity contribution in [3.05, 3.63) is 64.2 Å². The molecule has 0 aliphatic heterocycles. The van der Waals surface area contributed by atoms with Gasteiger partial charge in [-0.1, -0.05) is 54.3 Å². The van der Waals surface area contributed by atoms with Crippen molar-refractivity contribution in [2.24, 2.45) is 0 Å². The Morgan fingerprint density at radius 3 is 2.76 bits per heavy atom. The van der Waals surface area contributed by atoms with Crippen LogP contribution >= 0.6 is 12.6 Å². The Morgan fingerprint density at radius 2 is 1.95 bits per heavy atom. The van der Waals surface area contributed by atoms with Gasteiger partial charge in [0.2, 0.25) is 0 Å². The molecule has 2 aromatic rings. The van der Waals surface area contributed by atoms with E-state index in [2.05, 4.69) is 67.8 Å². The maximum atomic E-state index is 9.07. The van der Waals surface area contributed by atoms with Gasteiger partial charge in [0.25, 0.3) is 0 Å². The lowest BCUT2D eigenvalue weighted by atomic mass is 9.87. The van der Waals surface area contributed by atoms with E-state index in [1.807, 2.05) is 12.1 Å². The zero-order valence-corrected chi connectivity index (χ0v) is 12.7. The average Bonchev–Trinajstić information content (AvgIpc) is 2.62. The molecule has 1 aliphatic carbocycles. The second kappa shape index (κ2) is 5.81. The van der Waals surface area contributed by atoms with Crippen LogP contribution in [0.25, 0.3) is 12.2 Å². The maximum Gasteiger partial charge on any atom is 0.104 e. The molecule has 2 aromatic carbocycles. The number of aliphatic hydroxyl groups is 1. The third-order valence-corrected chi connectivity index (χ3v) is 4.08. The van der Waals surface area contributed by atoms with Gasteiger partial charge >= 0.3 is 0 Å². The number of hydrogen-bond acceptors (Lipinski definition) is 2. The number of thiol groups is 1. The summed E-state index contributed by atoms with van der Waals surface area (Å²) >= 11 is 4.61. The second-order valence-electron chi connectivity index (χ2n) is 5.16. The van der Waals surface area contributed by atoms with E-state index in [-0.39, 0.29) is 12.5 Å². The van der Waals surface area contributed by atoms with Crippen molar-refractivity contribution in [3.63, 3.8) is 0 Å². The highest BCUT2D eigenvalue weighted by atomic mass is 32.1. The largest absolute Gasteiger partial charge is 0.384 e. The monoisotopic (exact) mass is 292 g/mol. The number of aryl methyl sites for hydroxylation is 1. The zero-order chi connectivity index (χ0) is 14.8. The summed E-state index contributed by atoms with van der Waals surface area (Å²) in [5, 5.41) is 9.07. The molecule has 0 spiro atoms. The van der Waals surface area contributed by atoms with E-state index in [0.717, 1.165) is 21.6 Å². The van der Waals surface area contributed by atoms with Gasteiger partial charge in [0.1, 0.15) is 6.61 Å². The molecule has 2 heteroatoms. The van der Waals surface area contributed by atoms with Gasteiger partial charge in [0, 0.05) is 4.90 Å². The predicted octanol–water partition coefficient (Wildman–Crippen LogP) is 3.90. The summed E-state index contributed by atoms with van der Waals surface area (Å²) in [6.45, 7) is 1.94. The highest BCUT2D eigenvalue weighted by Crippen LogP contribution is 2.37. The van der Waals surface area contributed by atoms with Crippen LogP contribution in [0.1, 0.15) is 33.7 Å². The minimum absolute atomic E-state index is 0.0378. The smallest absolute Gasteiger partial charge is 0.104 e. The molecule has 1 nitrogen and oxygen atoms in total. The van der Waals surface area contributed by atoms with Crippen LogP contribution in [0.15, 0.2) is 41.3 Å². The van der Waals surface area contributed by atoms with E-state index in [4.69, 9.17) is 5.11 Å². The van der Waals surface area contributed by atoms with E-state index in [1.165, 1.54) is 11.1 Å². The lowest BCUT2D eigenvalue weighted by Crippen LogP contribution is -2.03. The molecular formula is C19H16OS. The minimum Gasteiger partial charge on any atom is -0.384 e. The Hall–Kier alpha value is -1.95. The molecule has 21 heavy (non-hydrogen) atoms. The van der Waals surface area contributed by atoms with Gasteiger partial charge in [0.05, 0.1) is 5.92 Å². The molecule has 0 fully saturated rings. The Morgan fingerprint density at radius 1 is 1.14 bits per heavy atom. The highest BCUT2D eigenvalue weighted by Gasteiger charge is 2.21. The summed E-state index contributed by atoms with van der Waals surface area (Å²) in [5.74, 6) is 5.99. The number of benzene rings is 2. The molecule has 0 bridgehead atoms. The molecule has 1 N–H and O–H groups in total. The van der Waals surface area contributed by atoms with Gasteiger partial charge in [-0.2, -0.15) is 0 Å². The van der Waals surface area contributed by atoms with Gasteiger partial charge in [0.15, 0.2) is 0 Å². The van der Waals surface area contributed by atoms with E-state index >= 15 is 0 Å². The van der Waals surface area contributed by atoms with E-state index < -0.39 is 0 Å². The van der Waals surface area contributed by atoms with Crippen LogP contribution in [0.5, 0.6) is 0 Å². The molecule has 1 atom stereocenters. The van der Waals surface area contributed by atoms with E-state index in [1.54, 1.807) is 0 Å². The normalized spacial score (nSPS) is 15.5. The van der Waals surface area contributed by atoms with Crippen molar-refractivity contribution in [1.29, 1.82) is 0 Å². The van der Waals surface area contributed by atoms with Crippen molar-refractivity contribution >= 4 is 24.8 Å².